The Labute approximate surface area is 196 Å². The molecule has 1 atom stereocenters. The van der Waals surface area contributed by atoms with Crippen molar-refractivity contribution in [2.75, 3.05) is 13.2 Å². The first-order chi connectivity index (χ1) is 15.6. The van der Waals surface area contributed by atoms with Crippen molar-refractivity contribution < 1.29 is 9.53 Å². The number of halogens is 1. The number of nitrogens with zero attached hydrogens (tertiary/aromatic N) is 2. The van der Waals surface area contributed by atoms with E-state index in [0.29, 0.717) is 45.5 Å². The largest absolute Gasteiger partial charge is 0.376 e. The summed E-state index contributed by atoms with van der Waals surface area (Å²) in [4.78, 5) is 30.6. The van der Waals surface area contributed by atoms with E-state index in [4.69, 9.17) is 21.3 Å². The van der Waals surface area contributed by atoms with Gasteiger partial charge in [0.2, 0.25) is 0 Å². The maximum absolute atomic E-state index is 13.4. The number of hydrogen-bond acceptors (Lipinski definition) is 5. The molecule has 4 rings (SSSR count). The fraction of sp³-hybridized carbons (Fsp3) is 0.375. The molecule has 2 aromatic carbocycles. The van der Waals surface area contributed by atoms with Crippen molar-refractivity contribution in [2.24, 2.45) is 0 Å². The van der Waals surface area contributed by atoms with Gasteiger partial charge in [-0.3, -0.25) is 14.2 Å². The molecule has 8 heteroatoms. The monoisotopic (exact) mass is 471 g/mol. The Kier molecular flexibility index (Phi) is 7.50. The zero-order chi connectivity index (χ0) is 22.5. The molecule has 0 radical (unpaired) electrons. The summed E-state index contributed by atoms with van der Waals surface area (Å²) in [5.74, 6) is 0.421. The van der Waals surface area contributed by atoms with Gasteiger partial charge in [0.1, 0.15) is 0 Å². The van der Waals surface area contributed by atoms with E-state index in [1.165, 1.54) is 11.8 Å². The normalized spacial score (nSPS) is 15.9. The third-order valence-corrected chi connectivity index (χ3v) is 6.84. The van der Waals surface area contributed by atoms with Gasteiger partial charge >= 0.3 is 0 Å². The fourth-order valence-corrected chi connectivity index (χ4v) is 5.00. The van der Waals surface area contributed by atoms with Crippen LogP contribution in [0.2, 0.25) is 5.02 Å². The number of benzene rings is 2. The standard InChI is InChI=1S/C24H26ClN3O3S/c1-2-11-26-22(29)16-9-10-19-21(13-16)27-24(32-15-17-6-3-4-8-20(17)25)28(23(19)30)14-18-7-5-12-31-18/h3-4,6,8-10,13,18H,2,5,7,11-12,14-15H2,1H3,(H,26,29). The van der Waals surface area contributed by atoms with E-state index in [9.17, 15) is 9.59 Å². The van der Waals surface area contributed by atoms with Crippen molar-refractivity contribution in [1.82, 2.24) is 14.9 Å². The summed E-state index contributed by atoms with van der Waals surface area (Å²) in [6.07, 6.45) is 2.79. The topological polar surface area (TPSA) is 73.2 Å². The SMILES string of the molecule is CCCNC(=O)c1ccc2c(=O)n(CC3CCCO3)c(SCc3ccccc3Cl)nc2c1. The van der Waals surface area contributed by atoms with E-state index < -0.39 is 0 Å². The highest BCUT2D eigenvalue weighted by atomic mass is 35.5. The molecule has 32 heavy (non-hydrogen) atoms. The van der Waals surface area contributed by atoms with Gasteiger partial charge in [0.05, 0.1) is 23.6 Å². The molecule has 1 aliphatic heterocycles. The van der Waals surface area contributed by atoms with Gasteiger partial charge in [-0.05, 0) is 49.1 Å². The zero-order valence-corrected chi connectivity index (χ0v) is 19.5. The van der Waals surface area contributed by atoms with E-state index in [2.05, 4.69) is 5.32 Å². The third-order valence-electron chi connectivity index (χ3n) is 5.44. The van der Waals surface area contributed by atoms with E-state index in [0.717, 1.165) is 31.4 Å². The highest BCUT2D eigenvalue weighted by Crippen LogP contribution is 2.27. The van der Waals surface area contributed by atoms with Gasteiger partial charge in [-0.2, -0.15) is 0 Å². The maximum atomic E-state index is 13.4. The Morgan fingerprint density at radius 1 is 1.31 bits per heavy atom. The van der Waals surface area contributed by atoms with Crippen LogP contribution >= 0.6 is 23.4 Å². The molecule has 3 aromatic rings. The van der Waals surface area contributed by atoms with Crippen molar-refractivity contribution in [3.8, 4) is 0 Å². The highest BCUT2D eigenvalue weighted by Gasteiger charge is 2.21. The zero-order valence-electron chi connectivity index (χ0n) is 18.0. The molecule has 0 saturated carbocycles. The van der Waals surface area contributed by atoms with Gasteiger partial charge in [0.15, 0.2) is 5.16 Å². The van der Waals surface area contributed by atoms with Crippen molar-refractivity contribution in [1.29, 1.82) is 0 Å². The van der Waals surface area contributed by atoms with E-state index >= 15 is 0 Å². The lowest BCUT2D eigenvalue weighted by Crippen LogP contribution is -2.29. The first kappa shape index (κ1) is 22.8. The quantitative estimate of drug-likeness (QED) is 0.382. The second-order valence-electron chi connectivity index (χ2n) is 7.81. The Morgan fingerprint density at radius 2 is 2.16 bits per heavy atom. The number of hydrogen-bond donors (Lipinski definition) is 1. The summed E-state index contributed by atoms with van der Waals surface area (Å²) in [5, 5.41) is 4.65. The highest BCUT2D eigenvalue weighted by molar-refractivity contribution is 7.98. The minimum absolute atomic E-state index is 0.00529. The molecule has 1 N–H and O–H groups in total. The average molecular weight is 472 g/mol. The minimum atomic E-state index is -0.163. The first-order valence-corrected chi connectivity index (χ1v) is 12.2. The molecule has 1 aliphatic rings. The van der Waals surface area contributed by atoms with Crippen molar-refractivity contribution in [3.63, 3.8) is 0 Å². The predicted molar refractivity (Wildman–Crippen MR) is 129 cm³/mol. The van der Waals surface area contributed by atoms with Crippen molar-refractivity contribution in [2.45, 2.75) is 49.7 Å². The molecule has 0 aliphatic carbocycles. The second kappa shape index (κ2) is 10.5. The molecule has 1 fully saturated rings. The van der Waals surface area contributed by atoms with Crippen molar-refractivity contribution in [3.05, 3.63) is 69.0 Å². The first-order valence-electron chi connectivity index (χ1n) is 10.9. The summed E-state index contributed by atoms with van der Waals surface area (Å²) in [6, 6.07) is 12.7. The van der Waals surface area contributed by atoms with Crippen LogP contribution in [0.25, 0.3) is 10.9 Å². The average Bonchev–Trinajstić information content (AvgIpc) is 3.32. The molecule has 0 spiro atoms. The maximum Gasteiger partial charge on any atom is 0.262 e. The fourth-order valence-electron chi connectivity index (χ4n) is 3.70. The molecule has 6 nitrogen and oxygen atoms in total. The molecular formula is C24H26ClN3O3S. The predicted octanol–water partition coefficient (Wildman–Crippen LogP) is 4.66. The van der Waals surface area contributed by atoms with Gasteiger partial charge in [0, 0.05) is 29.5 Å². The molecule has 2 heterocycles. The summed E-state index contributed by atoms with van der Waals surface area (Å²) in [7, 11) is 0. The Morgan fingerprint density at radius 3 is 2.91 bits per heavy atom. The van der Waals surface area contributed by atoms with Gasteiger partial charge in [-0.15, -0.1) is 0 Å². The molecule has 168 valence electrons. The van der Waals surface area contributed by atoms with Gasteiger partial charge in [0.25, 0.3) is 11.5 Å². The number of fused-ring (bicyclic) bond motifs is 1. The van der Waals surface area contributed by atoms with Crippen LogP contribution in [0.15, 0.2) is 52.4 Å². The summed E-state index contributed by atoms with van der Waals surface area (Å²) >= 11 is 7.79. The Hall–Kier alpha value is -2.35. The van der Waals surface area contributed by atoms with Crippen LogP contribution in [0, 0.1) is 0 Å². The van der Waals surface area contributed by atoms with Crippen LogP contribution in [0.3, 0.4) is 0 Å². The molecule has 0 bridgehead atoms. The number of ether oxygens (including phenoxy) is 1. The summed E-state index contributed by atoms with van der Waals surface area (Å²) < 4.78 is 7.48. The van der Waals surface area contributed by atoms with E-state index in [1.54, 1.807) is 22.8 Å². The van der Waals surface area contributed by atoms with Crippen LogP contribution in [0.5, 0.6) is 0 Å². The number of rotatable bonds is 8. The van der Waals surface area contributed by atoms with E-state index in [-0.39, 0.29) is 17.6 Å². The van der Waals surface area contributed by atoms with Crippen molar-refractivity contribution >= 4 is 40.2 Å². The number of nitrogens with one attached hydrogen (secondary N) is 1. The molecule has 1 unspecified atom stereocenters. The Bertz CT molecular complexity index is 1170. The van der Waals surface area contributed by atoms with Crippen LogP contribution < -0.4 is 10.9 Å². The number of carbonyl (C=O) groups excluding carboxylic acids is 1. The number of carbonyl (C=O) groups is 1. The molecule has 1 saturated heterocycles. The van der Waals surface area contributed by atoms with Crippen LogP contribution in [0.4, 0.5) is 0 Å². The lowest BCUT2D eigenvalue weighted by atomic mass is 10.1. The second-order valence-corrected chi connectivity index (χ2v) is 9.16. The molecule has 1 amide bonds. The lowest BCUT2D eigenvalue weighted by molar-refractivity contribution is 0.0937. The number of amides is 1. The minimum Gasteiger partial charge on any atom is -0.376 e. The van der Waals surface area contributed by atoms with Crippen LogP contribution in [-0.4, -0.2) is 34.7 Å². The number of aromatic nitrogens is 2. The van der Waals surface area contributed by atoms with Gasteiger partial charge in [-0.1, -0.05) is 48.5 Å². The molecule has 1 aromatic heterocycles. The van der Waals surface area contributed by atoms with Crippen LogP contribution in [-0.2, 0) is 17.0 Å². The summed E-state index contributed by atoms with van der Waals surface area (Å²) in [6.45, 7) is 3.79. The smallest absolute Gasteiger partial charge is 0.262 e. The van der Waals surface area contributed by atoms with Crippen LogP contribution in [0.1, 0.15) is 42.1 Å². The molecular weight excluding hydrogens is 446 g/mol. The third kappa shape index (κ3) is 5.17. The van der Waals surface area contributed by atoms with E-state index in [1.807, 2.05) is 31.2 Å². The summed E-state index contributed by atoms with van der Waals surface area (Å²) in [5.41, 5.74) is 1.87. The number of thioether (sulfide) groups is 1. The lowest BCUT2D eigenvalue weighted by Gasteiger charge is -2.17. The van der Waals surface area contributed by atoms with Gasteiger partial charge < -0.3 is 10.1 Å². The Balaban J connectivity index is 1.71. The van der Waals surface area contributed by atoms with Gasteiger partial charge in [-0.25, -0.2) is 4.98 Å².